The zero-order valence-corrected chi connectivity index (χ0v) is 16.5. The standard InChI is InChI=1S/C21H22ClFN4O/c1-15-4-3-7-27-20(28)12-16(24-21(15)27)13-25-8-10-26(11-9-25)14-17-18(22)5-2-6-19(17)23/h2-7,12H,8-11,13-14H2,1H3. The molecule has 1 fully saturated rings. The van der Waals surface area contributed by atoms with Gasteiger partial charge in [0, 0.05) is 62.1 Å². The highest BCUT2D eigenvalue weighted by Gasteiger charge is 2.20. The summed E-state index contributed by atoms with van der Waals surface area (Å²) in [7, 11) is 0. The molecule has 1 aliphatic rings. The van der Waals surface area contributed by atoms with E-state index in [1.807, 2.05) is 19.1 Å². The van der Waals surface area contributed by atoms with Crippen molar-refractivity contribution in [1.29, 1.82) is 0 Å². The molecule has 0 bridgehead atoms. The molecule has 28 heavy (non-hydrogen) atoms. The molecule has 7 heteroatoms. The van der Waals surface area contributed by atoms with E-state index < -0.39 is 0 Å². The normalized spacial score (nSPS) is 16.0. The third-order valence-corrected chi connectivity index (χ3v) is 5.59. The Bertz CT molecular complexity index is 1040. The van der Waals surface area contributed by atoms with Crippen LogP contribution in [-0.2, 0) is 13.1 Å². The summed E-state index contributed by atoms with van der Waals surface area (Å²) in [5.74, 6) is -0.258. The largest absolute Gasteiger partial charge is 0.296 e. The van der Waals surface area contributed by atoms with Gasteiger partial charge in [-0.1, -0.05) is 23.7 Å². The fourth-order valence-corrected chi connectivity index (χ4v) is 3.85. The predicted octanol–water partition coefficient (Wildman–Crippen LogP) is 3.11. The fraction of sp³-hybridized carbons (Fsp3) is 0.333. The number of benzene rings is 1. The van der Waals surface area contributed by atoms with Crippen molar-refractivity contribution in [2.75, 3.05) is 26.2 Å². The lowest BCUT2D eigenvalue weighted by Gasteiger charge is -2.34. The topological polar surface area (TPSA) is 40.9 Å². The summed E-state index contributed by atoms with van der Waals surface area (Å²) >= 11 is 6.14. The van der Waals surface area contributed by atoms with Gasteiger partial charge in [0.2, 0.25) is 0 Å². The first-order chi connectivity index (χ1) is 13.5. The number of halogens is 2. The average Bonchev–Trinajstić information content (AvgIpc) is 2.67. The highest BCUT2D eigenvalue weighted by molar-refractivity contribution is 6.31. The molecule has 0 aliphatic carbocycles. The van der Waals surface area contributed by atoms with Crippen LogP contribution in [0.15, 0.2) is 47.4 Å². The Kier molecular flexibility index (Phi) is 5.44. The first kappa shape index (κ1) is 19.1. The van der Waals surface area contributed by atoms with Crippen molar-refractivity contribution < 1.29 is 4.39 Å². The molecule has 0 unspecified atom stereocenters. The minimum Gasteiger partial charge on any atom is -0.296 e. The molecule has 3 heterocycles. The van der Waals surface area contributed by atoms with Gasteiger partial charge in [0.05, 0.1) is 5.69 Å². The highest BCUT2D eigenvalue weighted by Crippen LogP contribution is 2.21. The number of aryl methyl sites for hydroxylation is 1. The van der Waals surface area contributed by atoms with E-state index in [1.165, 1.54) is 6.07 Å². The molecule has 5 nitrogen and oxygen atoms in total. The maximum Gasteiger partial charge on any atom is 0.258 e. The minimum atomic E-state index is -0.258. The Balaban J connectivity index is 1.42. The lowest BCUT2D eigenvalue weighted by atomic mass is 10.1. The molecule has 0 N–H and O–H groups in total. The van der Waals surface area contributed by atoms with Gasteiger partial charge in [0.15, 0.2) is 0 Å². The van der Waals surface area contributed by atoms with Crippen molar-refractivity contribution >= 4 is 17.2 Å². The van der Waals surface area contributed by atoms with Gasteiger partial charge in [-0.15, -0.1) is 0 Å². The number of hydrogen-bond donors (Lipinski definition) is 0. The van der Waals surface area contributed by atoms with E-state index in [0.29, 0.717) is 29.3 Å². The number of hydrogen-bond acceptors (Lipinski definition) is 4. The van der Waals surface area contributed by atoms with Crippen molar-refractivity contribution in [2.45, 2.75) is 20.0 Å². The molecule has 0 spiro atoms. The smallest absolute Gasteiger partial charge is 0.258 e. The minimum absolute atomic E-state index is 0.0588. The van der Waals surface area contributed by atoms with Crippen LogP contribution in [0.3, 0.4) is 0 Å². The van der Waals surface area contributed by atoms with Crippen LogP contribution in [0.25, 0.3) is 5.65 Å². The first-order valence-electron chi connectivity index (χ1n) is 9.37. The van der Waals surface area contributed by atoms with Gasteiger partial charge in [-0.3, -0.25) is 19.0 Å². The van der Waals surface area contributed by atoms with E-state index in [4.69, 9.17) is 11.6 Å². The van der Waals surface area contributed by atoms with Crippen LogP contribution in [0, 0.1) is 12.7 Å². The van der Waals surface area contributed by atoms with Crippen molar-refractivity contribution in [3.8, 4) is 0 Å². The lowest BCUT2D eigenvalue weighted by molar-refractivity contribution is 0.120. The Morgan fingerprint density at radius 3 is 2.50 bits per heavy atom. The van der Waals surface area contributed by atoms with Gasteiger partial charge < -0.3 is 0 Å². The summed E-state index contributed by atoms with van der Waals surface area (Å²) in [6, 6.07) is 10.2. The summed E-state index contributed by atoms with van der Waals surface area (Å²) in [6.07, 6.45) is 1.74. The Morgan fingerprint density at radius 2 is 1.79 bits per heavy atom. The number of pyridine rings is 1. The maximum absolute atomic E-state index is 14.0. The highest BCUT2D eigenvalue weighted by atomic mass is 35.5. The summed E-state index contributed by atoms with van der Waals surface area (Å²) in [6.45, 7) is 6.40. The van der Waals surface area contributed by atoms with E-state index >= 15 is 0 Å². The molecule has 2 aromatic heterocycles. The zero-order chi connectivity index (χ0) is 19.7. The molecular weight excluding hydrogens is 379 g/mol. The molecular formula is C21H22ClFN4O. The number of piperazine rings is 1. The molecule has 4 rings (SSSR count). The Morgan fingerprint density at radius 1 is 1.07 bits per heavy atom. The second kappa shape index (κ2) is 7.99. The second-order valence-corrected chi connectivity index (χ2v) is 7.63. The van der Waals surface area contributed by atoms with Gasteiger partial charge in [0.25, 0.3) is 5.56 Å². The predicted molar refractivity (Wildman–Crippen MR) is 108 cm³/mol. The van der Waals surface area contributed by atoms with E-state index in [2.05, 4.69) is 14.8 Å². The van der Waals surface area contributed by atoms with Gasteiger partial charge >= 0.3 is 0 Å². The van der Waals surface area contributed by atoms with Crippen LogP contribution in [0.4, 0.5) is 4.39 Å². The Hall–Kier alpha value is -2.28. The van der Waals surface area contributed by atoms with Crippen molar-refractivity contribution in [3.05, 3.63) is 80.6 Å². The van der Waals surface area contributed by atoms with E-state index in [1.54, 1.807) is 28.8 Å². The average molecular weight is 401 g/mol. The van der Waals surface area contributed by atoms with Crippen LogP contribution < -0.4 is 5.56 Å². The Labute approximate surface area is 168 Å². The SMILES string of the molecule is Cc1cccn2c(=O)cc(CN3CCN(Cc4c(F)cccc4Cl)CC3)nc12. The summed E-state index contributed by atoms with van der Waals surface area (Å²) in [5.41, 5.74) is 2.96. The number of aromatic nitrogens is 2. The molecule has 1 aromatic carbocycles. The molecule has 3 aromatic rings. The van der Waals surface area contributed by atoms with Crippen LogP contribution in [0.5, 0.6) is 0 Å². The quantitative estimate of drug-likeness (QED) is 0.674. The third kappa shape index (κ3) is 3.94. The number of fused-ring (bicyclic) bond motifs is 1. The van der Waals surface area contributed by atoms with Crippen LogP contribution >= 0.6 is 11.6 Å². The lowest BCUT2D eigenvalue weighted by Crippen LogP contribution is -2.45. The van der Waals surface area contributed by atoms with Gasteiger partial charge in [0.1, 0.15) is 11.5 Å². The van der Waals surface area contributed by atoms with Crippen LogP contribution in [0.2, 0.25) is 5.02 Å². The molecule has 0 saturated carbocycles. The third-order valence-electron chi connectivity index (χ3n) is 5.23. The van der Waals surface area contributed by atoms with Crippen molar-refractivity contribution in [3.63, 3.8) is 0 Å². The van der Waals surface area contributed by atoms with Gasteiger partial charge in [-0.2, -0.15) is 0 Å². The monoisotopic (exact) mass is 400 g/mol. The number of rotatable bonds is 4. The zero-order valence-electron chi connectivity index (χ0n) is 15.7. The molecule has 146 valence electrons. The first-order valence-corrected chi connectivity index (χ1v) is 9.74. The molecule has 0 radical (unpaired) electrons. The van der Waals surface area contributed by atoms with Crippen molar-refractivity contribution in [1.82, 2.24) is 19.2 Å². The molecule has 1 aliphatic heterocycles. The molecule has 0 amide bonds. The van der Waals surface area contributed by atoms with E-state index in [9.17, 15) is 9.18 Å². The van der Waals surface area contributed by atoms with E-state index in [0.717, 1.165) is 37.4 Å². The maximum atomic E-state index is 14.0. The van der Waals surface area contributed by atoms with Crippen molar-refractivity contribution in [2.24, 2.45) is 0 Å². The summed E-state index contributed by atoms with van der Waals surface area (Å²) in [5, 5.41) is 0.471. The second-order valence-electron chi connectivity index (χ2n) is 7.22. The van der Waals surface area contributed by atoms with Gasteiger partial charge in [-0.05, 0) is 30.7 Å². The van der Waals surface area contributed by atoms with Gasteiger partial charge in [-0.25, -0.2) is 9.37 Å². The molecule has 1 saturated heterocycles. The van der Waals surface area contributed by atoms with E-state index in [-0.39, 0.29) is 11.4 Å². The fourth-order valence-electron chi connectivity index (χ4n) is 3.63. The van der Waals surface area contributed by atoms with Crippen LogP contribution in [-0.4, -0.2) is 45.4 Å². The van der Waals surface area contributed by atoms with Crippen LogP contribution in [0.1, 0.15) is 16.8 Å². The number of nitrogens with zero attached hydrogens (tertiary/aromatic N) is 4. The molecule has 0 atom stereocenters. The summed E-state index contributed by atoms with van der Waals surface area (Å²) in [4.78, 5) is 21.5. The summed E-state index contributed by atoms with van der Waals surface area (Å²) < 4.78 is 15.6.